The molecular formula is C22H20N2O4. The minimum atomic E-state index is -0.429. The van der Waals surface area contributed by atoms with Crippen LogP contribution in [0.3, 0.4) is 0 Å². The molecule has 0 aliphatic carbocycles. The summed E-state index contributed by atoms with van der Waals surface area (Å²) in [4.78, 5) is 22.2. The predicted molar refractivity (Wildman–Crippen MR) is 108 cm³/mol. The van der Waals surface area contributed by atoms with E-state index < -0.39 is 4.92 Å². The van der Waals surface area contributed by atoms with Crippen molar-refractivity contribution in [2.45, 2.75) is 19.3 Å². The van der Waals surface area contributed by atoms with Crippen LogP contribution in [0.5, 0.6) is 5.75 Å². The SMILES string of the molecule is O=C(CCCc1ccc([N+](=O)[O-])cc1)Oc1ccc(Nc2ccccc2)cc1. The molecule has 0 fully saturated rings. The average Bonchev–Trinajstić information content (AvgIpc) is 2.71. The summed E-state index contributed by atoms with van der Waals surface area (Å²) in [5.74, 6) is 0.199. The molecule has 0 radical (unpaired) electrons. The smallest absolute Gasteiger partial charge is 0.311 e. The van der Waals surface area contributed by atoms with E-state index in [0.29, 0.717) is 18.6 Å². The van der Waals surface area contributed by atoms with Crippen LogP contribution in [0.4, 0.5) is 17.1 Å². The zero-order chi connectivity index (χ0) is 19.8. The molecule has 0 bridgehead atoms. The minimum Gasteiger partial charge on any atom is -0.427 e. The second-order valence-corrected chi connectivity index (χ2v) is 6.27. The van der Waals surface area contributed by atoms with Crippen molar-refractivity contribution in [2.24, 2.45) is 0 Å². The molecule has 0 atom stereocenters. The number of nitro benzene ring substituents is 1. The first-order chi connectivity index (χ1) is 13.6. The number of nitro groups is 1. The van der Waals surface area contributed by atoms with Gasteiger partial charge in [-0.2, -0.15) is 0 Å². The Balaban J connectivity index is 1.43. The lowest BCUT2D eigenvalue weighted by Gasteiger charge is -2.08. The Morgan fingerprint density at radius 1 is 0.893 bits per heavy atom. The summed E-state index contributed by atoms with van der Waals surface area (Å²) in [7, 11) is 0. The average molecular weight is 376 g/mol. The van der Waals surface area contributed by atoms with Gasteiger partial charge in [-0.25, -0.2) is 0 Å². The molecule has 0 unspecified atom stereocenters. The zero-order valence-corrected chi connectivity index (χ0v) is 15.2. The van der Waals surface area contributed by atoms with Crippen LogP contribution < -0.4 is 10.1 Å². The van der Waals surface area contributed by atoms with Crippen LogP contribution in [0.1, 0.15) is 18.4 Å². The Labute approximate surface area is 162 Å². The van der Waals surface area contributed by atoms with Gasteiger partial charge in [-0.05, 0) is 54.8 Å². The summed E-state index contributed by atoms with van der Waals surface area (Å²) in [6.07, 6.45) is 1.55. The number of hydrogen-bond acceptors (Lipinski definition) is 5. The number of rotatable bonds is 8. The van der Waals surface area contributed by atoms with Crippen LogP contribution in [0.2, 0.25) is 0 Å². The molecular weight excluding hydrogens is 356 g/mol. The van der Waals surface area contributed by atoms with Gasteiger partial charge in [-0.15, -0.1) is 0 Å². The van der Waals surface area contributed by atoms with Crippen molar-refractivity contribution < 1.29 is 14.5 Å². The number of hydrogen-bond donors (Lipinski definition) is 1. The van der Waals surface area contributed by atoms with E-state index in [9.17, 15) is 14.9 Å². The first-order valence-electron chi connectivity index (χ1n) is 8.96. The Morgan fingerprint density at radius 2 is 1.54 bits per heavy atom. The summed E-state index contributed by atoms with van der Waals surface area (Å²) >= 11 is 0. The first-order valence-corrected chi connectivity index (χ1v) is 8.96. The molecule has 3 aromatic carbocycles. The maximum Gasteiger partial charge on any atom is 0.311 e. The number of carbonyl (C=O) groups excluding carboxylic acids is 1. The summed E-state index contributed by atoms with van der Waals surface area (Å²) in [6, 6.07) is 23.4. The van der Waals surface area contributed by atoms with E-state index in [1.807, 2.05) is 42.5 Å². The highest BCUT2D eigenvalue weighted by Crippen LogP contribution is 2.20. The largest absolute Gasteiger partial charge is 0.427 e. The van der Waals surface area contributed by atoms with Gasteiger partial charge >= 0.3 is 5.97 Å². The van der Waals surface area contributed by atoms with Crippen molar-refractivity contribution in [1.29, 1.82) is 0 Å². The lowest BCUT2D eigenvalue weighted by molar-refractivity contribution is -0.384. The minimum absolute atomic E-state index is 0.0633. The van der Waals surface area contributed by atoms with Gasteiger partial charge < -0.3 is 10.1 Å². The van der Waals surface area contributed by atoms with E-state index in [-0.39, 0.29) is 18.1 Å². The molecule has 0 aromatic heterocycles. The number of nitrogens with zero attached hydrogens (tertiary/aromatic N) is 1. The molecule has 0 aliphatic rings. The standard InChI is InChI=1S/C22H20N2O4/c25-22(8-4-5-17-9-13-20(14-10-17)24(26)27)28-21-15-11-19(12-16-21)23-18-6-2-1-3-7-18/h1-3,6-7,9-16,23H,4-5,8H2. The van der Waals surface area contributed by atoms with E-state index in [1.54, 1.807) is 24.3 Å². The molecule has 3 aromatic rings. The van der Waals surface area contributed by atoms with Crippen molar-refractivity contribution in [1.82, 2.24) is 0 Å². The highest BCUT2D eigenvalue weighted by atomic mass is 16.6. The van der Waals surface area contributed by atoms with Gasteiger partial charge in [-0.3, -0.25) is 14.9 Å². The maximum atomic E-state index is 12.0. The molecule has 142 valence electrons. The first kappa shape index (κ1) is 19.1. The molecule has 6 heteroatoms. The number of carbonyl (C=O) groups is 1. The van der Waals surface area contributed by atoms with Crippen LogP contribution in [0.25, 0.3) is 0 Å². The highest BCUT2D eigenvalue weighted by molar-refractivity contribution is 5.72. The van der Waals surface area contributed by atoms with Gasteiger partial charge in [0.15, 0.2) is 0 Å². The van der Waals surface area contributed by atoms with Gasteiger partial charge in [0.25, 0.3) is 5.69 Å². The third-order valence-corrected chi connectivity index (χ3v) is 4.14. The maximum absolute atomic E-state index is 12.0. The van der Waals surface area contributed by atoms with Crippen LogP contribution >= 0.6 is 0 Å². The molecule has 0 heterocycles. The number of benzene rings is 3. The van der Waals surface area contributed by atoms with Crippen molar-refractivity contribution in [3.8, 4) is 5.75 Å². The third kappa shape index (κ3) is 5.67. The van der Waals surface area contributed by atoms with Crippen LogP contribution in [-0.4, -0.2) is 10.9 Å². The molecule has 3 rings (SSSR count). The van der Waals surface area contributed by atoms with Crippen molar-refractivity contribution in [3.63, 3.8) is 0 Å². The van der Waals surface area contributed by atoms with Gasteiger partial charge in [-0.1, -0.05) is 30.3 Å². The molecule has 0 saturated heterocycles. The summed E-state index contributed by atoms with van der Waals surface area (Å²) in [6.45, 7) is 0. The molecule has 28 heavy (non-hydrogen) atoms. The number of para-hydroxylation sites is 1. The third-order valence-electron chi connectivity index (χ3n) is 4.14. The van der Waals surface area contributed by atoms with Gasteiger partial charge in [0.2, 0.25) is 0 Å². The second-order valence-electron chi connectivity index (χ2n) is 6.27. The number of esters is 1. The quantitative estimate of drug-likeness (QED) is 0.251. The normalized spacial score (nSPS) is 10.3. The van der Waals surface area contributed by atoms with Crippen LogP contribution in [0.15, 0.2) is 78.9 Å². The fourth-order valence-electron chi connectivity index (χ4n) is 2.70. The van der Waals surface area contributed by atoms with E-state index in [0.717, 1.165) is 16.9 Å². The number of nitrogens with one attached hydrogen (secondary N) is 1. The Morgan fingerprint density at radius 3 is 2.18 bits per heavy atom. The monoisotopic (exact) mass is 376 g/mol. The highest BCUT2D eigenvalue weighted by Gasteiger charge is 2.07. The van der Waals surface area contributed by atoms with Crippen LogP contribution in [0, 0.1) is 10.1 Å². The number of ether oxygens (including phenoxy) is 1. The Hall–Kier alpha value is -3.67. The van der Waals surface area contributed by atoms with E-state index in [1.165, 1.54) is 12.1 Å². The molecule has 0 amide bonds. The van der Waals surface area contributed by atoms with E-state index in [2.05, 4.69) is 5.32 Å². The van der Waals surface area contributed by atoms with Gasteiger partial charge in [0, 0.05) is 29.9 Å². The predicted octanol–water partition coefficient (Wildman–Crippen LogP) is 5.27. The summed E-state index contributed by atoms with van der Waals surface area (Å²) in [5.41, 5.74) is 2.91. The summed E-state index contributed by atoms with van der Waals surface area (Å²) < 4.78 is 5.35. The van der Waals surface area contributed by atoms with Gasteiger partial charge in [0.1, 0.15) is 5.75 Å². The molecule has 1 N–H and O–H groups in total. The lowest BCUT2D eigenvalue weighted by atomic mass is 10.1. The fraction of sp³-hybridized carbons (Fsp3) is 0.136. The van der Waals surface area contributed by atoms with Crippen LogP contribution in [-0.2, 0) is 11.2 Å². The van der Waals surface area contributed by atoms with E-state index in [4.69, 9.17) is 4.74 Å². The van der Waals surface area contributed by atoms with E-state index >= 15 is 0 Å². The zero-order valence-electron chi connectivity index (χ0n) is 15.2. The molecule has 6 nitrogen and oxygen atoms in total. The topological polar surface area (TPSA) is 81.5 Å². The second kappa shape index (κ2) is 9.32. The fourth-order valence-corrected chi connectivity index (χ4v) is 2.70. The summed E-state index contributed by atoms with van der Waals surface area (Å²) in [5, 5.41) is 13.9. The molecule has 0 saturated carbocycles. The Bertz CT molecular complexity index is 923. The number of anilines is 2. The number of aryl methyl sites for hydroxylation is 1. The Kier molecular flexibility index (Phi) is 6.36. The van der Waals surface area contributed by atoms with Crippen molar-refractivity contribution in [2.75, 3.05) is 5.32 Å². The number of non-ortho nitro benzene ring substituents is 1. The van der Waals surface area contributed by atoms with Crippen molar-refractivity contribution in [3.05, 3.63) is 94.5 Å². The lowest BCUT2D eigenvalue weighted by Crippen LogP contribution is -2.08. The van der Waals surface area contributed by atoms with Crippen molar-refractivity contribution >= 4 is 23.0 Å². The molecule has 0 spiro atoms. The van der Waals surface area contributed by atoms with Gasteiger partial charge in [0.05, 0.1) is 4.92 Å². The molecule has 0 aliphatic heterocycles.